The van der Waals surface area contributed by atoms with Gasteiger partial charge in [-0.15, -0.1) is 0 Å². The number of rotatable bonds is 3. The molecule has 0 aliphatic rings. The van der Waals surface area contributed by atoms with Crippen LogP contribution in [-0.2, 0) is 4.79 Å². The van der Waals surface area contributed by atoms with Gasteiger partial charge in [0, 0.05) is 20.6 Å². The summed E-state index contributed by atoms with van der Waals surface area (Å²) >= 11 is 0. The summed E-state index contributed by atoms with van der Waals surface area (Å²) < 4.78 is 0. The van der Waals surface area contributed by atoms with Crippen molar-refractivity contribution in [3.8, 4) is 0 Å². The third-order valence-corrected chi connectivity index (χ3v) is 1.05. The molecule has 1 N–H and O–H groups in total. The number of nitrogens with zero attached hydrogens (tertiary/aromatic N) is 1. The Morgan fingerprint density at radius 1 is 1.42 bits per heavy atom. The predicted molar refractivity (Wildman–Crippen MR) is 52.9 cm³/mol. The molecule has 12 heavy (non-hydrogen) atoms. The smallest absolute Gasteiger partial charge is 0.268 e. The summed E-state index contributed by atoms with van der Waals surface area (Å²) in [6, 6.07) is 0. The normalized spacial score (nSPS) is 7.75. The molecule has 0 radical (unpaired) electrons. The lowest BCUT2D eigenvalue weighted by atomic mass is 10.4. The van der Waals surface area contributed by atoms with Crippen LogP contribution in [0.3, 0.4) is 0 Å². The molecule has 0 saturated carbocycles. The Morgan fingerprint density at radius 3 is 2.08 bits per heavy atom. The van der Waals surface area contributed by atoms with E-state index in [2.05, 4.69) is 11.9 Å². The molecule has 0 heterocycles. The topological polar surface area (TPSA) is 32.3 Å². The second kappa shape index (κ2) is 8.11. The first-order valence-electron chi connectivity index (χ1n) is 4.24. The van der Waals surface area contributed by atoms with Crippen molar-refractivity contribution in [2.75, 3.05) is 20.6 Å². The van der Waals surface area contributed by atoms with Crippen molar-refractivity contribution < 1.29 is 4.79 Å². The maximum Gasteiger partial charge on any atom is 0.268 e. The number of hydrogen-bond donors (Lipinski definition) is 1. The van der Waals surface area contributed by atoms with E-state index in [1.54, 1.807) is 14.1 Å². The summed E-state index contributed by atoms with van der Waals surface area (Å²) in [4.78, 5) is 12.5. The van der Waals surface area contributed by atoms with E-state index < -0.39 is 0 Å². The maximum atomic E-state index is 11.0. The second-order valence-corrected chi connectivity index (χ2v) is 2.21. The maximum absolute atomic E-state index is 11.0. The minimum absolute atomic E-state index is 0.0677. The molecule has 0 aromatic rings. The van der Waals surface area contributed by atoms with Crippen LogP contribution in [-0.4, -0.2) is 31.4 Å². The first-order valence-corrected chi connectivity index (χ1v) is 4.24. The molecule has 3 nitrogen and oxygen atoms in total. The van der Waals surface area contributed by atoms with Gasteiger partial charge in [-0.25, -0.2) is 0 Å². The van der Waals surface area contributed by atoms with E-state index in [-0.39, 0.29) is 5.91 Å². The Bertz CT molecular complexity index is 141. The third-order valence-electron chi connectivity index (χ3n) is 1.05. The average Bonchev–Trinajstić information content (AvgIpc) is 2.07. The van der Waals surface area contributed by atoms with Gasteiger partial charge in [0.25, 0.3) is 5.91 Å². The van der Waals surface area contributed by atoms with Gasteiger partial charge in [0.2, 0.25) is 0 Å². The van der Waals surface area contributed by atoms with Gasteiger partial charge in [0.05, 0.1) is 5.70 Å². The van der Waals surface area contributed by atoms with Crippen molar-refractivity contribution in [1.82, 2.24) is 10.2 Å². The van der Waals surface area contributed by atoms with Gasteiger partial charge in [-0.1, -0.05) is 20.4 Å². The zero-order valence-corrected chi connectivity index (χ0v) is 8.77. The van der Waals surface area contributed by atoms with E-state index in [9.17, 15) is 4.79 Å². The monoisotopic (exact) mass is 172 g/mol. The molecular formula is C9H20N2O. The van der Waals surface area contributed by atoms with Gasteiger partial charge in [0.1, 0.15) is 0 Å². The number of carbonyl (C=O) groups is 1. The van der Waals surface area contributed by atoms with Crippen molar-refractivity contribution in [2.24, 2.45) is 0 Å². The highest BCUT2D eigenvalue weighted by Gasteiger charge is 2.05. The van der Waals surface area contributed by atoms with Crippen LogP contribution < -0.4 is 5.32 Å². The van der Waals surface area contributed by atoms with Crippen LogP contribution in [0.15, 0.2) is 12.3 Å². The largest absolute Gasteiger partial charge is 0.381 e. The fourth-order valence-electron chi connectivity index (χ4n) is 0.559. The predicted octanol–water partition coefficient (Wildman–Crippen LogP) is 1.22. The van der Waals surface area contributed by atoms with Crippen molar-refractivity contribution in [3.05, 3.63) is 12.3 Å². The van der Waals surface area contributed by atoms with Crippen molar-refractivity contribution in [3.63, 3.8) is 0 Å². The van der Waals surface area contributed by atoms with E-state index in [4.69, 9.17) is 0 Å². The molecule has 0 aromatic heterocycles. The highest BCUT2D eigenvalue weighted by atomic mass is 16.2. The Balaban J connectivity index is 0. The van der Waals surface area contributed by atoms with Crippen LogP contribution in [0.1, 0.15) is 20.8 Å². The number of hydrogen-bond acceptors (Lipinski definition) is 2. The minimum atomic E-state index is -0.0677. The number of carbonyl (C=O) groups excluding carboxylic acids is 1. The van der Waals surface area contributed by atoms with Crippen LogP contribution in [0.25, 0.3) is 0 Å². The molecule has 0 rings (SSSR count). The van der Waals surface area contributed by atoms with E-state index >= 15 is 0 Å². The van der Waals surface area contributed by atoms with Gasteiger partial charge >= 0.3 is 0 Å². The molecule has 3 heteroatoms. The summed E-state index contributed by atoms with van der Waals surface area (Å²) in [5.41, 5.74) is 0.451. The summed E-state index contributed by atoms with van der Waals surface area (Å²) in [6.07, 6.45) is 0. The quantitative estimate of drug-likeness (QED) is 0.649. The molecule has 72 valence electrons. The number of likely N-dealkylation sites (N-methyl/N-ethyl adjacent to an activating group) is 2. The zero-order chi connectivity index (χ0) is 10.1. The lowest BCUT2D eigenvalue weighted by Crippen LogP contribution is -2.30. The number of nitrogens with one attached hydrogen (secondary N) is 1. The Morgan fingerprint density at radius 2 is 1.83 bits per heavy atom. The van der Waals surface area contributed by atoms with Gasteiger partial charge in [-0.2, -0.15) is 0 Å². The molecule has 0 spiro atoms. The van der Waals surface area contributed by atoms with E-state index in [1.807, 2.05) is 20.8 Å². The first-order chi connectivity index (χ1) is 5.59. The molecule has 1 amide bonds. The summed E-state index contributed by atoms with van der Waals surface area (Å²) in [7, 11) is 3.40. The SMILES string of the molecule is C=C(NCC)C(=O)N(C)C.CC. The molecule has 0 fully saturated rings. The van der Waals surface area contributed by atoms with Gasteiger partial charge in [-0.3, -0.25) is 4.79 Å². The Hall–Kier alpha value is -0.990. The fraction of sp³-hybridized carbons (Fsp3) is 0.667. The van der Waals surface area contributed by atoms with Gasteiger partial charge in [-0.05, 0) is 6.92 Å². The van der Waals surface area contributed by atoms with Crippen molar-refractivity contribution in [1.29, 1.82) is 0 Å². The molecule has 0 bridgehead atoms. The fourth-order valence-corrected chi connectivity index (χ4v) is 0.559. The van der Waals surface area contributed by atoms with E-state index in [1.165, 1.54) is 4.90 Å². The molecule has 0 aromatic carbocycles. The highest BCUT2D eigenvalue weighted by Crippen LogP contribution is 1.88. The molecule has 0 atom stereocenters. The summed E-state index contributed by atoms with van der Waals surface area (Å²) in [5, 5.41) is 2.84. The van der Waals surface area contributed by atoms with Crippen LogP contribution in [0.5, 0.6) is 0 Å². The Labute approximate surface area is 75.4 Å². The minimum Gasteiger partial charge on any atom is -0.381 e. The summed E-state index contributed by atoms with van der Waals surface area (Å²) in [6.45, 7) is 10.2. The van der Waals surface area contributed by atoms with E-state index in [0.29, 0.717) is 5.70 Å². The lowest BCUT2D eigenvalue weighted by Gasteiger charge is -2.12. The second-order valence-electron chi connectivity index (χ2n) is 2.21. The van der Waals surface area contributed by atoms with Crippen LogP contribution in [0, 0.1) is 0 Å². The van der Waals surface area contributed by atoms with Crippen molar-refractivity contribution >= 4 is 5.91 Å². The average molecular weight is 172 g/mol. The molecule has 0 saturated heterocycles. The summed E-state index contributed by atoms with van der Waals surface area (Å²) in [5.74, 6) is -0.0677. The van der Waals surface area contributed by atoms with Gasteiger partial charge < -0.3 is 10.2 Å². The highest BCUT2D eigenvalue weighted by molar-refractivity contribution is 5.91. The molecule has 0 aliphatic carbocycles. The zero-order valence-electron chi connectivity index (χ0n) is 8.77. The molecular weight excluding hydrogens is 152 g/mol. The standard InChI is InChI=1S/C7H14N2O.C2H6/c1-5-8-6(2)7(10)9(3)4;1-2/h8H,2,5H2,1,3-4H3;1-2H3. The third kappa shape index (κ3) is 5.77. The molecule has 0 unspecified atom stereocenters. The van der Waals surface area contributed by atoms with Crippen LogP contribution in [0.2, 0.25) is 0 Å². The van der Waals surface area contributed by atoms with Crippen LogP contribution in [0.4, 0.5) is 0 Å². The van der Waals surface area contributed by atoms with Gasteiger partial charge in [0.15, 0.2) is 0 Å². The Kier molecular flexibility index (Phi) is 9.18. The number of amides is 1. The van der Waals surface area contributed by atoms with E-state index in [0.717, 1.165) is 6.54 Å². The van der Waals surface area contributed by atoms with Crippen LogP contribution >= 0.6 is 0 Å². The van der Waals surface area contributed by atoms with Crippen molar-refractivity contribution in [2.45, 2.75) is 20.8 Å². The first kappa shape index (κ1) is 13.6. The lowest BCUT2D eigenvalue weighted by molar-refractivity contribution is -0.125. The molecule has 0 aliphatic heterocycles.